The van der Waals surface area contributed by atoms with E-state index < -0.39 is 0 Å². The van der Waals surface area contributed by atoms with Crippen molar-refractivity contribution in [1.82, 2.24) is 14.0 Å². The highest BCUT2D eigenvalue weighted by atomic mass is 32.1. The zero-order valence-corrected chi connectivity index (χ0v) is 5.64. The van der Waals surface area contributed by atoms with Crippen LogP contribution in [0.3, 0.4) is 0 Å². The Labute approximate surface area is 52.1 Å². The number of hydrogen-bond donors (Lipinski definition) is 0. The molecule has 0 aliphatic heterocycles. The predicted molar refractivity (Wildman–Crippen MR) is 31.8 cm³/mol. The van der Waals surface area contributed by atoms with Crippen molar-refractivity contribution in [3.05, 3.63) is 5.82 Å². The Bertz CT molecular complexity index is 146. The molecule has 1 rings (SSSR count). The summed E-state index contributed by atoms with van der Waals surface area (Å²) in [6.45, 7) is 4.09. The van der Waals surface area contributed by atoms with Crippen molar-refractivity contribution >= 4 is 11.7 Å². The van der Waals surface area contributed by atoms with Crippen molar-refractivity contribution in [3.8, 4) is 0 Å². The van der Waals surface area contributed by atoms with Gasteiger partial charge in [0.1, 0.15) is 0 Å². The van der Waals surface area contributed by atoms with Crippen LogP contribution in [0.25, 0.3) is 0 Å². The number of aromatic nitrogens is 3. The van der Waals surface area contributed by atoms with Gasteiger partial charge in [-0.2, -0.15) is 4.37 Å². The van der Waals surface area contributed by atoms with Crippen LogP contribution in [-0.4, -0.2) is 14.0 Å². The SMILES string of the molecule is CC(C)c1nnsn1. The summed E-state index contributed by atoms with van der Waals surface area (Å²) in [4.78, 5) is 0. The third-order valence-corrected chi connectivity index (χ3v) is 1.25. The molecule has 1 heterocycles. The zero-order valence-electron chi connectivity index (χ0n) is 4.83. The third kappa shape index (κ3) is 1.01. The second-order valence-corrected chi connectivity index (χ2v) is 2.38. The molecule has 0 aliphatic carbocycles. The lowest BCUT2D eigenvalue weighted by Gasteiger charge is -1.90. The van der Waals surface area contributed by atoms with E-state index in [4.69, 9.17) is 0 Å². The summed E-state index contributed by atoms with van der Waals surface area (Å²) >= 11 is 1.16. The van der Waals surface area contributed by atoms with Gasteiger partial charge in [0.15, 0.2) is 5.82 Å². The van der Waals surface area contributed by atoms with E-state index in [1.165, 1.54) is 0 Å². The average molecular weight is 129 g/mol. The van der Waals surface area contributed by atoms with E-state index >= 15 is 0 Å². The smallest absolute Gasteiger partial charge is 0.156 e. The van der Waals surface area contributed by atoms with Crippen LogP contribution in [0.4, 0.5) is 0 Å². The van der Waals surface area contributed by atoms with Gasteiger partial charge in [-0.05, 0) is 0 Å². The molecule has 0 spiro atoms. The fourth-order valence-electron chi connectivity index (χ4n) is 0.359. The summed E-state index contributed by atoms with van der Waals surface area (Å²) in [5, 5.41) is 3.77. The molecule has 1 aromatic rings. The molecule has 0 unspecified atom stereocenters. The van der Waals surface area contributed by atoms with Crippen LogP contribution >= 0.6 is 11.7 Å². The molecule has 0 fully saturated rings. The molecule has 0 aliphatic rings. The van der Waals surface area contributed by atoms with Gasteiger partial charge in [-0.15, -0.1) is 5.10 Å². The maximum Gasteiger partial charge on any atom is 0.168 e. The second-order valence-electron chi connectivity index (χ2n) is 1.87. The number of hydrogen-bond acceptors (Lipinski definition) is 4. The second kappa shape index (κ2) is 2.17. The Morgan fingerprint density at radius 1 is 1.50 bits per heavy atom. The Morgan fingerprint density at radius 3 is 2.50 bits per heavy atom. The summed E-state index contributed by atoms with van der Waals surface area (Å²) < 4.78 is 7.56. The van der Waals surface area contributed by atoms with Crippen molar-refractivity contribution < 1.29 is 0 Å². The molecule has 0 saturated carbocycles. The third-order valence-electron chi connectivity index (χ3n) is 0.831. The van der Waals surface area contributed by atoms with Crippen LogP contribution in [0, 0.1) is 0 Å². The molecule has 0 amide bonds. The highest BCUT2D eigenvalue weighted by Crippen LogP contribution is 2.05. The first kappa shape index (κ1) is 5.62. The minimum Gasteiger partial charge on any atom is -0.156 e. The van der Waals surface area contributed by atoms with E-state index in [2.05, 4.69) is 14.0 Å². The Hall–Kier alpha value is -0.510. The molecule has 3 nitrogen and oxygen atoms in total. The van der Waals surface area contributed by atoms with Crippen molar-refractivity contribution in [1.29, 1.82) is 0 Å². The van der Waals surface area contributed by atoms with Gasteiger partial charge < -0.3 is 0 Å². The van der Waals surface area contributed by atoms with E-state index in [1.54, 1.807) is 0 Å². The molecule has 8 heavy (non-hydrogen) atoms. The summed E-state index contributed by atoms with van der Waals surface area (Å²) in [5.41, 5.74) is 0. The minimum atomic E-state index is 0.411. The lowest BCUT2D eigenvalue weighted by atomic mass is 10.2. The normalized spacial score (nSPS) is 10.4. The van der Waals surface area contributed by atoms with Crippen LogP contribution in [0.2, 0.25) is 0 Å². The predicted octanol–water partition coefficient (Wildman–Crippen LogP) is 1.06. The standard InChI is InChI=1S/C4H7N3S/c1-3(2)4-5-7-8-6-4/h3H,1-2H3. The van der Waals surface area contributed by atoms with Gasteiger partial charge in [-0.3, -0.25) is 0 Å². The zero-order chi connectivity index (χ0) is 5.98. The molecular weight excluding hydrogens is 122 g/mol. The van der Waals surface area contributed by atoms with Gasteiger partial charge in [-0.1, -0.05) is 18.3 Å². The number of rotatable bonds is 1. The fraction of sp³-hybridized carbons (Fsp3) is 0.750. The van der Waals surface area contributed by atoms with Crippen LogP contribution in [0.15, 0.2) is 0 Å². The summed E-state index contributed by atoms with van der Waals surface area (Å²) in [7, 11) is 0. The Kier molecular flexibility index (Phi) is 1.53. The van der Waals surface area contributed by atoms with E-state index in [9.17, 15) is 0 Å². The summed E-state index contributed by atoms with van der Waals surface area (Å²) in [6, 6.07) is 0. The first-order chi connectivity index (χ1) is 3.80. The van der Waals surface area contributed by atoms with Gasteiger partial charge in [0.05, 0.1) is 11.7 Å². The maximum absolute atomic E-state index is 3.94. The van der Waals surface area contributed by atoms with Crippen LogP contribution in [0.1, 0.15) is 25.6 Å². The molecule has 0 bridgehead atoms. The first-order valence-corrected chi connectivity index (χ1v) is 3.19. The topological polar surface area (TPSA) is 38.7 Å². The highest BCUT2D eigenvalue weighted by molar-refractivity contribution is 6.98. The Morgan fingerprint density at radius 2 is 2.25 bits per heavy atom. The van der Waals surface area contributed by atoms with E-state index in [1.807, 2.05) is 13.8 Å². The lowest BCUT2D eigenvalue weighted by molar-refractivity contribution is 0.781. The highest BCUT2D eigenvalue weighted by Gasteiger charge is 2.01. The van der Waals surface area contributed by atoms with E-state index in [0.717, 1.165) is 17.6 Å². The number of nitrogens with zero attached hydrogens (tertiary/aromatic N) is 3. The van der Waals surface area contributed by atoms with Gasteiger partial charge in [-0.25, -0.2) is 0 Å². The first-order valence-electron chi connectivity index (χ1n) is 2.46. The van der Waals surface area contributed by atoms with Crippen molar-refractivity contribution in [3.63, 3.8) is 0 Å². The molecule has 0 radical (unpaired) electrons. The largest absolute Gasteiger partial charge is 0.168 e. The van der Waals surface area contributed by atoms with Crippen molar-refractivity contribution in [2.24, 2.45) is 0 Å². The van der Waals surface area contributed by atoms with Crippen LogP contribution < -0.4 is 0 Å². The Balaban J connectivity index is 2.77. The van der Waals surface area contributed by atoms with Gasteiger partial charge in [0.2, 0.25) is 0 Å². The van der Waals surface area contributed by atoms with Gasteiger partial charge in [0, 0.05) is 5.92 Å². The molecular formula is C4H7N3S. The molecule has 0 N–H and O–H groups in total. The van der Waals surface area contributed by atoms with Crippen molar-refractivity contribution in [2.45, 2.75) is 19.8 Å². The van der Waals surface area contributed by atoms with E-state index in [0.29, 0.717) is 5.92 Å². The molecule has 44 valence electrons. The maximum atomic E-state index is 3.94. The summed E-state index contributed by atoms with van der Waals surface area (Å²) in [6.07, 6.45) is 0. The monoisotopic (exact) mass is 129 g/mol. The molecule has 1 aromatic heterocycles. The lowest BCUT2D eigenvalue weighted by Crippen LogP contribution is -1.88. The van der Waals surface area contributed by atoms with Gasteiger partial charge >= 0.3 is 0 Å². The van der Waals surface area contributed by atoms with Crippen LogP contribution in [0.5, 0.6) is 0 Å². The molecule has 0 aromatic carbocycles. The summed E-state index contributed by atoms with van der Waals surface area (Å²) in [5.74, 6) is 1.25. The van der Waals surface area contributed by atoms with Crippen molar-refractivity contribution in [2.75, 3.05) is 0 Å². The molecule has 4 heteroatoms. The molecule has 0 saturated heterocycles. The molecule has 0 atom stereocenters. The van der Waals surface area contributed by atoms with E-state index in [-0.39, 0.29) is 0 Å². The van der Waals surface area contributed by atoms with Gasteiger partial charge in [0.25, 0.3) is 0 Å². The van der Waals surface area contributed by atoms with Crippen LogP contribution in [-0.2, 0) is 0 Å². The fourth-order valence-corrected chi connectivity index (χ4v) is 0.847. The minimum absolute atomic E-state index is 0.411. The average Bonchev–Trinajstić information content (AvgIpc) is 2.12. The quantitative estimate of drug-likeness (QED) is 0.569.